The molecule has 0 spiro atoms. The molecule has 4 amide bonds. The van der Waals surface area contributed by atoms with Crippen molar-refractivity contribution in [2.75, 3.05) is 72.0 Å². The van der Waals surface area contributed by atoms with Crippen LogP contribution in [0.5, 0.6) is 0 Å². The number of rotatable bonds is 20. The summed E-state index contributed by atoms with van der Waals surface area (Å²) in [4.78, 5) is 54.9. The minimum atomic E-state index is -0.586. The number of fused-ring (bicyclic) bond motifs is 3. The van der Waals surface area contributed by atoms with Crippen molar-refractivity contribution >= 4 is 90.1 Å². The Hall–Kier alpha value is -7.63. The number of benzene rings is 6. The molecule has 0 saturated heterocycles. The maximum atomic E-state index is 14.2. The maximum Gasteiger partial charge on any atom is 0.323 e. The second-order valence-corrected chi connectivity index (χ2v) is 20.1. The fourth-order valence-electron chi connectivity index (χ4n) is 9.08. The standard InChI is InChI=1S/C57H60FN9O5S2/c1-6-65(7-2)39-24-26-44-49(32-39)72-50-33-40(66(8-3)9-4)25-27-45(50)53(44)42-15-10-11-16-43(42)56(70)61-30-13-12-29-60-51(68)34-73-74-35-52(69)67-48-18-14-17-41(54(48)55(59)64-67)37-20-22-38(23-21-37)62-57(71)63-47-31-36(5)19-28-46(47)58/h10-11,14-28,31-33H,6-9,12-13,29-30,34-35H2,1-5H3,(H5-,59,60,61,62,63,64,68,70,71)/p+1. The number of anilines is 4. The zero-order valence-corrected chi connectivity index (χ0v) is 43.9. The third-order valence-electron chi connectivity index (χ3n) is 12.8. The van der Waals surface area contributed by atoms with Crippen LogP contribution in [0.2, 0.25) is 0 Å². The van der Waals surface area contributed by atoms with Crippen molar-refractivity contribution in [3.05, 3.63) is 144 Å². The predicted molar refractivity (Wildman–Crippen MR) is 302 cm³/mol. The predicted octanol–water partition coefficient (Wildman–Crippen LogP) is 10.9. The van der Waals surface area contributed by atoms with Gasteiger partial charge in [-0.05, 0) is 124 Å². The molecule has 17 heteroatoms. The van der Waals surface area contributed by atoms with E-state index in [9.17, 15) is 23.6 Å². The smallest absolute Gasteiger partial charge is 0.323 e. The number of aryl methyl sites for hydroxylation is 1. The largest absolute Gasteiger partial charge is 0.456 e. The van der Waals surface area contributed by atoms with Crippen LogP contribution in [0, 0.1) is 12.7 Å². The molecule has 1 aliphatic carbocycles. The number of amides is 4. The topological polar surface area (TPSA) is 180 Å². The quantitative estimate of drug-likeness (QED) is 0.0213. The normalized spacial score (nSPS) is 11.2. The molecule has 14 nitrogen and oxygen atoms in total. The molecule has 0 saturated carbocycles. The molecule has 74 heavy (non-hydrogen) atoms. The fraction of sp³-hybridized carbons (Fsp3) is 0.263. The Balaban J connectivity index is 0.814. The minimum Gasteiger partial charge on any atom is -0.456 e. The summed E-state index contributed by atoms with van der Waals surface area (Å²) in [5.74, 6) is -0.0226. The van der Waals surface area contributed by atoms with Crippen LogP contribution in [0.15, 0.2) is 126 Å². The van der Waals surface area contributed by atoms with E-state index in [-0.39, 0.29) is 40.7 Å². The van der Waals surface area contributed by atoms with Gasteiger partial charge in [0.1, 0.15) is 30.3 Å². The highest BCUT2D eigenvalue weighted by Crippen LogP contribution is 2.42. The lowest BCUT2D eigenvalue weighted by atomic mass is 9.90. The summed E-state index contributed by atoms with van der Waals surface area (Å²) < 4.78 is 24.4. The van der Waals surface area contributed by atoms with E-state index in [0.29, 0.717) is 48.1 Å². The number of hydrogen-bond acceptors (Lipinski definition) is 10. The number of hydrogen-bond donors (Lipinski definition) is 5. The number of aromatic nitrogens is 2. The molecule has 1 aliphatic heterocycles. The molecule has 0 unspecified atom stereocenters. The van der Waals surface area contributed by atoms with Gasteiger partial charge in [0.2, 0.25) is 11.3 Å². The molecular weight excluding hydrogens is 974 g/mol. The highest BCUT2D eigenvalue weighted by atomic mass is 33.1. The van der Waals surface area contributed by atoms with Crippen LogP contribution in [0.3, 0.4) is 0 Å². The first-order valence-corrected chi connectivity index (χ1v) is 27.4. The van der Waals surface area contributed by atoms with Gasteiger partial charge in [-0.1, -0.05) is 70.1 Å². The van der Waals surface area contributed by atoms with Gasteiger partial charge < -0.3 is 36.3 Å². The van der Waals surface area contributed by atoms with Gasteiger partial charge in [-0.25, -0.2) is 13.8 Å². The number of nitrogen functional groups attached to an aromatic ring is 1. The minimum absolute atomic E-state index is 0.0529. The van der Waals surface area contributed by atoms with Gasteiger partial charge >= 0.3 is 6.03 Å². The van der Waals surface area contributed by atoms with E-state index in [0.717, 1.165) is 87.3 Å². The zero-order valence-electron chi connectivity index (χ0n) is 42.2. The number of nitrogens with one attached hydrogen (secondary N) is 4. The van der Waals surface area contributed by atoms with Gasteiger partial charge in [-0.3, -0.25) is 14.4 Å². The van der Waals surface area contributed by atoms with E-state index in [1.54, 1.807) is 30.3 Å². The van der Waals surface area contributed by atoms with Gasteiger partial charge in [-0.2, -0.15) is 4.68 Å². The van der Waals surface area contributed by atoms with E-state index in [1.165, 1.54) is 32.3 Å². The van der Waals surface area contributed by atoms with Crippen LogP contribution < -0.4 is 41.8 Å². The first-order chi connectivity index (χ1) is 35.9. The van der Waals surface area contributed by atoms with Crippen molar-refractivity contribution in [2.24, 2.45) is 0 Å². The average molecular weight is 1040 g/mol. The van der Waals surface area contributed by atoms with Gasteiger partial charge in [-0.15, -0.1) is 5.10 Å². The number of unbranched alkanes of at least 4 members (excludes halogenated alkanes) is 1. The molecule has 2 heterocycles. The molecule has 1 aromatic heterocycles. The number of nitrogens with two attached hydrogens (primary N) is 1. The Morgan fingerprint density at radius 3 is 2.24 bits per heavy atom. The van der Waals surface area contributed by atoms with E-state index in [4.69, 9.17) is 10.2 Å². The number of carbonyl (C=O) groups is 4. The first kappa shape index (κ1) is 52.7. The SMILES string of the molecule is CCN(CC)c1ccc2c(-c3ccccc3C(=O)NCCCCNC(=O)CSSCC(=O)n3nc(N)c4c(-c5ccc(NC(=O)Nc6cc(C)ccc6F)cc5)cccc43)c3ccc(=[N+](CC)CC)cc-3oc2c1. The van der Waals surface area contributed by atoms with Crippen molar-refractivity contribution in [3.63, 3.8) is 0 Å². The summed E-state index contributed by atoms with van der Waals surface area (Å²) in [6, 6.07) is 36.7. The summed E-state index contributed by atoms with van der Waals surface area (Å²) in [7, 11) is 2.53. The molecular formula is C57H61FN9O5S2+. The molecule has 5 aromatic carbocycles. The average Bonchev–Trinajstić information content (AvgIpc) is 3.76. The van der Waals surface area contributed by atoms with Crippen LogP contribution >= 0.6 is 21.6 Å². The molecule has 6 N–H and O–H groups in total. The zero-order chi connectivity index (χ0) is 52.3. The van der Waals surface area contributed by atoms with Crippen LogP contribution in [0.1, 0.15) is 61.3 Å². The van der Waals surface area contributed by atoms with Crippen molar-refractivity contribution < 1.29 is 28.0 Å². The van der Waals surface area contributed by atoms with Crippen molar-refractivity contribution in [1.82, 2.24) is 25.0 Å². The molecule has 0 bridgehead atoms. The maximum absolute atomic E-state index is 14.2. The molecule has 0 atom stereocenters. The van der Waals surface area contributed by atoms with Crippen molar-refractivity contribution in [1.29, 1.82) is 0 Å². The summed E-state index contributed by atoms with van der Waals surface area (Å²) in [6.45, 7) is 14.7. The van der Waals surface area contributed by atoms with Gasteiger partial charge in [0.25, 0.3) is 11.8 Å². The Labute approximate surface area is 437 Å². The summed E-state index contributed by atoms with van der Waals surface area (Å²) in [5, 5.41) is 18.3. The summed E-state index contributed by atoms with van der Waals surface area (Å²) in [5.41, 5.74) is 14.9. The lowest BCUT2D eigenvalue weighted by Crippen LogP contribution is -2.29. The van der Waals surface area contributed by atoms with E-state index in [2.05, 4.69) is 99.9 Å². The first-order valence-electron chi connectivity index (χ1n) is 24.9. The lowest BCUT2D eigenvalue weighted by Gasteiger charge is -2.22. The highest BCUT2D eigenvalue weighted by Gasteiger charge is 2.24. The van der Waals surface area contributed by atoms with E-state index < -0.39 is 11.8 Å². The molecule has 0 radical (unpaired) electrons. The Kier molecular flexibility index (Phi) is 17.4. The second-order valence-electron chi connectivity index (χ2n) is 17.6. The Morgan fingerprint density at radius 2 is 1.49 bits per heavy atom. The number of halogens is 1. The monoisotopic (exact) mass is 1030 g/mol. The highest BCUT2D eigenvalue weighted by molar-refractivity contribution is 8.77. The molecule has 0 fully saturated rings. The van der Waals surface area contributed by atoms with Crippen LogP contribution in [0.25, 0.3) is 55.4 Å². The molecule has 382 valence electrons. The van der Waals surface area contributed by atoms with E-state index in [1.807, 2.05) is 55.5 Å². The van der Waals surface area contributed by atoms with Crippen molar-refractivity contribution in [2.45, 2.75) is 47.5 Å². The third kappa shape index (κ3) is 12.1. The van der Waals surface area contributed by atoms with Gasteiger partial charge in [0.15, 0.2) is 5.82 Å². The fourth-order valence-corrected chi connectivity index (χ4v) is 10.8. The summed E-state index contributed by atoms with van der Waals surface area (Å²) in [6.07, 6.45) is 1.32. The van der Waals surface area contributed by atoms with Crippen LogP contribution in [-0.2, 0) is 4.79 Å². The van der Waals surface area contributed by atoms with Crippen LogP contribution in [0.4, 0.5) is 32.1 Å². The Morgan fingerprint density at radius 1 is 0.757 bits per heavy atom. The van der Waals surface area contributed by atoms with Gasteiger partial charge in [0.05, 0.1) is 34.2 Å². The molecule has 6 aromatic rings. The Bertz CT molecular complexity index is 3380. The van der Waals surface area contributed by atoms with E-state index >= 15 is 0 Å². The van der Waals surface area contributed by atoms with Gasteiger partial charge in [0, 0.05) is 71.8 Å². The number of nitrogens with zero attached hydrogens (tertiary/aromatic N) is 4. The molecule has 2 aliphatic rings. The van der Waals surface area contributed by atoms with Crippen molar-refractivity contribution in [3.8, 4) is 33.6 Å². The third-order valence-corrected chi connectivity index (χ3v) is 15.0. The number of carbonyl (C=O) groups excluding carboxylic acids is 4. The second kappa shape index (κ2) is 24.4. The van der Waals surface area contributed by atoms with Crippen LogP contribution in [-0.4, -0.2) is 84.3 Å². The lowest BCUT2D eigenvalue weighted by molar-refractivity contribution is -0.118. The molecule has 8 rings (SSSR count). The summed E-state index contributed by atoms with van der Waals surface area (Å²) >= 11 is 0. The number of urea groups is 1.